The van der Waals surface area contributed by atoms with E-state index in [4.69, 9.17) is 14.2 Å². The molecule has 4 nitrogen and oxygen atoms in total. The number of carbonyl (C=O) groups excluding carboxylic acids is 1. The minimum Gasteiger partial charge on any atom is -0.494 e. The fraction of sp³-hybridized carbons (Fsp3) is 0.649. The molecule has 6 heteroatoms. The van der Waals surface area contributed by atoms with Crippen molar-refractivity contribution in [2.75, 3.05) is 13.2 Å². The van der Waals surface area contributed by atoms with Crippen molar-refractivity contribution >= 4 is 5.97 Å². The van der Waals surface area contributed by atoms with Crippen LogP contribution in [0.3, 0.4) is 0 Å². The number of esters is 1. The van der Waals surface area contributed by atoms with Crippen LogP contribution in [-0.4, -0.2) is 19.2 Å². The van der Waals surface area contributed by atoms with Gasteiger partial charge in [-0.25, -0.2) is 9.18 Å². The van der Waals surface area contributed by atoms with E-state index in [0.717, 1.165) is 37.5 Å². The van der Waals surface area contributed by atoms with Gasteiger partial charge in [-0.3, -0.25) is 0 Å². The minimum absolute atomic E-state index is 0.186. The quantitative estimate of drug-likeness (QED) is 0.0812. The molecule has 2 aromatic carbocycles. The third-order valence-electron chi connectivity index (χ3n) is 8.79. The maximum Gasteiger partial charge on any atom is 0.346 e. The average Bonchev–Trinajstić information content (AvgIpc) is 3.02. The highest BCUT2D eigenvalue weighted by atomic mass is 19.2. The normalized spacial score (nSPS) is 16.7. The third-order valence-corrected chi connectivity index (χ3v) is 8.79. The van der Waals surface area contributed by atoms with E-state index in [0.29, 0.717) is 19.0 Å². The number of halogens is 2. The molecule has 0 aliphatic heterocycles. The number of rotatable bonds is 21. The Morgan fingerprint density at radius 3 is 1.88 bits per heavy atom. The van der Waals surface area contributed by atoms with E-state index in [1.54, 1.807) is 24.3 Å². The van der Waals surface area contributed by atoms with Crippen molar-refractivity contribution in [3.05, 3.63) is 53.6 Å². The van der Waals surface area contributed by atoms with E-state index >= 15 is 0 Å². The van der Waals surface area contributed by atoms with Gasteiger partial charge in [-0.05, 0) is 67.5 Å². The van der Waals surface area contributed by atoms with Crippen LogP contribution in [0.5, 0.6) is 17.2 Å². The minimum atomic E-state index is -1.26. The zero-order valence-corrected chi connectivity index (χ0v) is 26.6. The van der Waals surface area contributed by atoms with Gasteiger partial charge in [0, 0.05) is 0 Å². The number of benzene rings is 2. The molecule has 1 aliphatic carbocycles. The molecule has 240 valence electrons. The highest BCUT2D eigenvalue weighted by Gasteiger charge is 2.24. The molecule has 1 aliphatic rings. The summed E-state index contributed by atoms with van der Waals surface area (Å²) >= 11 is 0. The van der Waals surface area contributed by atoms with Gasteiger partial charge < -0.3 is 14.2 Å². The Balaban J connectivity index is 1.37. The van der Waals surface area contributed by atoms with Crippen molar-refractivity contribution in [1.82, 2.24) is 0 Å². The molecule has 3 rings (SSSR count). The summed E-state index contributed by atoms with van der Waals surface area (Å²) in [5.41, 5.74) is -0.465. The number of ether oxygens (including phenoxy) is 3. The van der Waals surface area contributed by atoms with E-state index in [2.05, 4.69) is 13.8 Å². The maximum absolute atomic E-state index is 14.7. The van der Waals surface area contributed by atoms with E-state index < -0.39 is 23.2 Å². The Morgan fingerprint density at radius 1 is 0.651 bits per heavy atom. The summed E-state index contributed by atoms with van der Waals surface area (Å²) in [6.45, 7) is 5.42. The third kappa shape index (κ3) is 12.5. The van der Waals surface area contributed by atoms with E-state index in [-0.39, 0.29) is 11.5 Å². The molecule has 0 saturated heterocycles. The lowest BCUT2D eigenvalue weighted by atomic mass is 9.74. The fourth-order valence-corrected chi connectivity index (χ4v) is 6.22. The first-order valence-corrected chi connectivity index (χ1v) is 17.1. The topological polar surface area (TPSA) is 44.8 Å². The molecule has 0 heterocycles. The molecule has 0 amide bonds. The zero-order valence-electron chi connectivity index (χ0n) is 26.6. The van der Waals surface area contributed by atoms with Crippen molar-refractivity contribution in [3.63, 3.8) is 0 Å². The van der Waals surface area contributed by atoms with Gasteiger partial charge >= 0.3 is 5.97 Å². The van der Waals surface area contributed by atoms with Crippen molar-refractivity contribution in [2.24, 2.45) is 11.8 Å². The van der Waals surface area contributed by atoms with Gasteiger partial charge in [-0.15, -0.1) is 0 Å². The van der Waals surface area contributed by atoms with Gasteiger partial charge in [0.2, 0.25) is 5.82 Å². The molecule has 0 N–H and O–H groups in total. The van der Waals surface area contributed by atoms with Crippen LogP contribution in [0.4, 0.5) is 8.78 Å². The lowest BCUT2D eigenvalue weighted by Gasteiger charge is -2.31. The van der Waals surface area contributed by atoms with Crippen molar-refractivity contribution in [1.29, 1.82) is 0 Å². The number of unbranched alkanes of at least 4 members (excludes halogenated alkanes) is 9. The molecule has 2 unspecified atom stereocenters. The summed E-state index contributed by atoms with van der Waals surface area (Å²) in [5, 5.41) is 0. The highest BCUT2D eigenvalue weighted by Crippen LogP contribution is 2.36. The van der Waals surface area contributed by atoms with Crippen LogP contribution in [-0.2, 0) is 0 Å². The Labute approximate surface area is 258 Å². The monoisotopic (exact) mass is 600 g/mol. The van der Waals surface area contributed by atoms with Gasteiger partial charge in [-0.2, -0.15) is 4.39 Å². The molecular weight excluding hydrogens is 546 g/mol. The number of carbonyl (C=O) groups is 1. The van der Waals surface area contributed by atoms with Gasteiger partial charge in [0.15, 0.2) is 11.6 Å². The van der Waals surface area contributed by atoms with Gasteiger partial charge in [-0.1, -0.05) is 110 Å². The van der Waals surface area contributed by atoms with Crippen LogP contribution in [0.1, 0.15) is 140 Å². The van der Waals surface area contributed by atoms with E-state index in [1.165, 1.54) is 102 Å². The molecular formula is C37H54F2O4. The molecule has 0 aromatic heterocycles. The summed E-state index contributed by atoms with van der Waals surface area (Å²) < 4.78 is 46.0. The molecule has 1 fully saturated rings. The zero-order chi connectivity index (χ0) is 30.7. The van der Waals surface area contributed by atoms with Crippen LogP contribution < -0.4 is 14.2 Å². The summed E-state index contributed by atoms with van der Waals surface area (Å²) in [6.07, 6.45) is 22.1. The van der Waals surface area contributed by atoms with Crippen LogP contribution in [0.2, 0.25) is 0 Å². The highest BCUT2D eigenvalue weighted by molar-refractivity contribution is 5.91. The second-order valence-electron chi connectivity index (χ2n) is 12.2. The van der Waals surface area contributed by atoms with Gasteiger partial charge in [0.1, 0.15) is 11.5 Å². The first-order valence-electron chi connectivity index (χ1n) is 17.1. The molecule has 0 bridgehead atoms. The predicted molar refractivity (Wildman–Crippen MR) is 170 cm³/mol. The molecule has 1 saturated carbocycles. The summed E-state index contributed by atoms with van der Waals surface area (Å²) in [6, 6.07) is 9.17. The summed E-state index contributed by atoms with van der Waals surface area (Å²) in [5.74, 6) is -0.952. The Morgan fingerprint density at radius 2 is 1.21 bits per heavy atom. The molecule has 43 heavy (non-hydrogen) atoms. The average molecular weight is 601 g/mol. The maximum atomic E-state index is 14.7. The van der Waals surface area contributed by atoms with Crippen molar-refractivity contribution in [3.8, 4) is 17.2 Å². The van der Waals surface area contributed by atoms with E-state index in [1.807, 2.05) is 0 Å². The first kappa shape index (κ1) is 34.9. The Bertz CT molecular complexity index is 1060. The van der Waals surface area contributed by atoms with Gasteiger partial charge in [0.25, 0.3) is 0 Å². The SMILES string of the molecule is CCCCCCCCCCOc1ccc(C(=O)Oc2ccc(OCCCC3CCCCC3CCCCC)cc2)c(F)c1F. The Hall–Kier alpha value is -2.63. The molecule has 0 spiro atoms. The standard InChI is InChI=1S/C37H54F2O4/c1-3-5-7-8-9-10-11-15-27-42-34-26-25-33(35(38)36(34)39)37(40)43-32-23-21-31(22-24-32)41-28-16-20-30-19-14-13-18-29(30)17-12-6-4-2/h21-26,29-30H,3-20,27-28H2,1-2H3. The lowest BCUT2D eigenvalue weighted by Crippen LogP contribution is -2.20. The smallest absolute Gasteiger partial charge is 0.346 e. The molecule has 2 aromatic rings. The number of hydrogen-bond donors (Lipinski definition) is 0. The second kappa shape index (κ2) is 20.3. The van der Waals surface area contributed by atoms with Gasteiger partial charge in [0.05, 0.1) is 18.8 Å². The molecule has 2 atom stereocenters. The predicted octanol–water partition coefficient (Wildman–Crippen LogP) is 11.2. The lowest BCUT2D eigenvalue weighted by molar-refractivity contribution is 0.0728. The summed E-state index contributed by atoms with van der Waals surface area (Å²) in [4.78, 5) is 12.6. The molecule has 0 radical (unpaired) electrons. The number of hydrogen-bond acceptors (Lipinski definition) is 4. The van der Waals surface area contributed by atoms with Crippen LogP contribution in [0.15, 0.2) is 36.4 Å². The van der Waals surface area contributed by atoms with Crippen molar-refractivity contribution in [2.45, 2.75) is 129 Å². The van der Waals surface area contributed by atoms with E-state index in [9.17, 15) is 13.6 Å². The summed E-state index contributed by atoms with van der Waals surface area (Å²) in [7, 11) is 0. The van der Waals surface area contributed by atoms with Crippen molar-refractivity contribution < 1.29 is 27.8 Å². The Kier molecular flexibility index (Phi) is 16.5. The largest absolute Gasteiger partial charge is 0.494 e. The fourth-order valence-electron chi connectivity index (χ4n) is 6.22. The first-order chi connectivity index (χ1) is 21.0. The van der Waals surface area contributed by atoms with Crippen LogP contribution in [0, 0.1) is 23.5 Å². The van der Waals surface area contributed by atoms with Crippen LogP contribution in [0.25, 0.3) is 0 Å². The van der Waals surface area contributed by atoms with Crippen LogP contribution >= 0.6 is 0 Å². The second-order valence-corrected chi connectivity index (χ2v) is 12.2.